The van der Waals surface area contributed by atoms with Crippen molar-refractivity contribution >= 4 is 27.0 Å². The van der Waals surface area contributed by atoms with Crippen LogP contribution in [-0.2, 0) is 4.74 Å². The molecule has 1 fully saturated rings. The summed E-state index contributed by atoms with van der Waals surface area (Å²) in [5, 5.41) is 10.9. The van der Waals surface area contributed by atoms with Crippen LogP contribution in [0.1, 0.15) is 31.1 Å². The number of methoxy groups -OCH3 is 1. The highest BCUT2D eigenvalue weighted by Gasteiger charge is 2.17. The topological polar surface area (TPSA) is 51.2 Å². The molecule has 1 N–H and O–H groups in total. The molecule has 1 saturated heterocycles. The van der Waals surface area contributed by atoms with Gasteiger partial charge in [-0.25, -0.2) is 0 Å². The number of hydrogen-bond acceptors (Lipinski definition) is 6. The Kier molecular flexibility index (Phi) is 8.63. The van der Waals surface area contributed by atoms with Gasteiger partial charge < -0.3 is 19.3 Å². The number of likely N-dealkylation sites (tertiary alicyclic amines) is 1. The van der Waals surface area contributed by atoms with Crippen molar-refractivity contribution in [2.24, 2.45) is 0 Å². The minimum Gasteiger partial charge on any atom is -0.508 e. The Morgan fingerprint density at radius 2 is 1.82 bits per heavy atom. The van der Waals surface area contributed by atoms with Crippen molar-refractivity contribution in [2.75, 3.05) is 40.0 Å². The highest BCUT2D eigenvalue weighted by molar-refractivity contribution is 7.20. The molecular weight excluding hydrogens is 446 g/mol. The molecule has 34 heavy (non-hydrogen) atoms. The zero-order valence-electron chi connectivity index (χ0n) is 20.0. The van der Waals surface area contributed by atoms with E-state index >= 15 is 0 Å². The average Bonchev–Trinajstić information content (AvgIpc) is 3.20. The van der Waals surface area contributed by atoms with E-state index in [1.165, 1.54) is 32.4 Å². The molecule has 0 saturated carbocycles. The van der Waals surface area contributed by atoms with E-state index < -0.39 is 0 Å². The molecule has 3 aromatic rings. The third-order valence-corrected chi connectivity index (χ3v) is 7.11. The lowest BCUT2D eigenvalue weighted by Gasteiger charge is -2.26. The molecule has 0 spiro atoms. The van der Waals surface area contributed by atoms with Gasteiger partial charge in [0.15, 0.2) is 5.75 Å². The first-order valence-corrected chi connectivity index (χ1v) is 12.7. The van der Waals surface area contributed by atoms with Crippen LogP contribution in [0.15, 0.2) is 60.7 Å². The molecule has 2 aromatic carbocycles. The number of ether oxygens (including phenoxy) is 3. The Morgan fingerprint density at radius 3 is 2.56 bits per heavy atom. The lowest BCUT2D eigenvalue weighted by molar-refractivity contribution is 0.183. The smallest absolute Gasteiger partial charge is 0.153 e. The summed E-state index contributed by atoms with van der Waals surface area (Å²) in [6, 6.07) is 13.2. The summed E-state index contributed by atoms with van der Waals surface area (Å²) in [6.45, 7) is 6.57. The molecule has 0 radical (unpaired) electrons. The van der Waals surface area contributed by atoms with Gasteiger partial charge in [-0.15, -0.1) is 11.3 Å². The SMILES string of the molecule is C/C=C(\C=C/COC)c1sc2cc(O)ccc2c1Oc1ccc(OCCN2CCCCC2)cc1. The number of allylic oxidation sites excluding steroid dienone is 3. The van der Waals surface area contributed by atoms with Crippen molar-refractivity contribution in [3.8, 4) is 23.0 Å². The Balaban J connectivity index is 1.50. The highest BCUT2D eigenvalue weighted by atomic mass is 32.1. The monoisotopic (exact) mass is 479 g/mol. The molecule has 4 rings (SSSR count). The molecule has 180 valence electrons. The van der Waals surface area contributed by atoms with E-state index in [9.17, 15) is 5.11 Å². The molecular formula is C28H33NO4S. The van der Waals surface area contributed by atoms with Crippen LogP contribution in [0.2, 0.25) is 0 Å². The molecule has 6 heteroatoms. The maximum atomic E-state index is 9.98. The van der Waals surface area contributed by atoms with Crippen LogP contribution in [0.25, 0.3) is 15.7 Å². The molecule has 1 aliphatic rings. The fourth-order valence-electron chi connectivity index (χ4n) is 4.12. The Bertz CT molecular complexity index is 1130. The van der Waals surface area contributed by atoms with Gasteiger partial charge in [-0.2, -0.15) is 0 Å². The normalized spacial score (nSPS) is 15.3. The lowest BCUT2D eigenvalue weighted by atomic mass is 10.1. The van der Waals surface area contributed by atoms with E-state index in [4.69, 9.17) is 14.2 Å². The van der Waals surface area contributed by atoms with Gasteiger partial charge in [0.05, 0.1) is 11.5 Å². The summed E-state index contributed by atoms with van der Waals surface area (Å²) in [4.78, 5) is 3.49. The van der Waals surface area contributed by atoms with E-state index in [1.807, 2.05) is 49.4 Å². The van der Waals surface area contributed by atoms with Crippen LogP contribution >= 0.6 is 11.3 Å². The second kappa shape index (κ2) is 12.1. The van der Waals surface area contributed by atoms with Crippen LogP contribution in [0.5, 0.6) is 23.0 Å². The molecule has 0 aliphatic carbocycles. The van der Waals surface area contributed by atoms with E-state index in [0.29, 0.717) is 13.2 Å². The molecule has 1 aliphatic heterocycles. The quantitative estimate of drug-likeness (QED) is 0.322. The molecule has 2 heterocycles. The van der Waals surface area contributed by atoms with Crippen molar-refractivity contribution in [3.63, 3.8) is 0 Å². The first-order chi connectivity index (χ1) is 16.7. The van der Waals surface area contributed by atoms with Crippen LogP contribution in [0.3, 0.4) is 0 Å². The standard InChI is InChI=1S/C28H33NO4S/c1-3-21(8-7-18-31-2)28-27(25-14-9-22(30)20-26(25)34-28)33-24-12-10-23(11-13-24)32-19-17-29-15-5-4-6-16-29/h3,7-14,20,30H,4-6,15-19H2,1-2H3/b8-7-,21-3+. The minimum absolute atomic E-state index is 0.245. The first-order valence-electron chi connectivity index (χ1n) is 11.9. The molecule has 5 nitrogen and oxygen atoms in total. The largest absolute Gasteiger partial charge is 0.508 e. The van der Waals surface area contributed by atoms with E-state index in [2.05, 4.69) is 11.0 Å². The number of phenolic OH excluding ortho intramolecular Hbond substituents is 1. The van der Waals surface area contributed by atoms with Gasteiger partial charge in [-0.3, -0.25) is 4.90 Å². The van der Waals surface area contributed by atoms with Crippen molar-refractivity contribution in [1.29, 1.82) is 0 Å². The summed E-state index contributed by atoms with van der Waals surface area (Å²) < 4.78 is 18.5. The maximum absolute atomic E-state index is 9.98. The van der Waals surface area contributed by atoms with Gasteiger partial charge >= 0.3 is 0 Å². The van der Waals surface area contributed by atoms with Crippen molar-refractivity contribution < 1.29 is 19.3 Å². The van der Waals surface area contributed by atoms with Crippen molar-refractivity contribution in [2.45, 2.75) is 26.2 Å². The number of aromatic hydroxyl groups is 1. The lowest BCUT2D eigenvalue weighted by Crippen LogP contribution is -2.33. The van der Waals surface area contributed by atoms with Crippen molar-refractivity contribution in [1.82, 2.24) is 4.90 Å². The Hall–Kier alpha value is -2.80. The van der Waals surface area contributed by atoms with E-state index in [-0.39, 0.29) is 5.75 Å². The number of benzene rings is 2. The van der Waals surface area contributed by atoms with E-state index in [1.54, 1.807) is 30.6 Å². The van der Waals surface area contributed by atoms with Gasteiger partial charge in [-0.05, 0) is 80.9 Å². The van der Waals surface area contributed by atoms with Gasteiger partial charge in [0.1, 0.15) is 23.9 Å². The summed E-state index contributed by atoms with van der Waals surface area (Å²) in [5.41, 5.74) is 1.05. The zero-order chi connectivity index (χ0) is 23.8. The van der Waals surface area contributed by atoms with Crippen LogP contribution in [0, 0.1) is 0 Å². The van der Waals surface area contributed by atoms with Gasteiger partial charge in [0.25, 0.3) is 0 Å². The van der Waals surface area contributed by atoms with Crippen LogP contribution in [0.4, 0.5) is 0 Å². The Morgan fingerprint density at radius 1 is 1.06 bits per heavy atom. The molecule has 1 aromatic heterocycles. The fraction of sp³-hybridized carbons (Fsp3) is 0.357. The predicted octanol–water partition coefficient (Wildman–Crippen LogP) is 6.87. The van der Waals surface area contributed by atoms with Crippen LogP contribution in [-0.4, -0.2) is 50.0 Å². The van der Waals surface area contributed by atoms with Gasteiger partial charge in [-0.1, -0.05) is 24.6 Å². The number of fused-ring (bicyclic) bond motifs is 1. The maximum Gasteiger partial charge on any atom is 0.153 e. The third-order valence-electron chi connectivity index (χ3n) is 5.93. The predicted molar refractivity (Wildman–Crippen MR) is 140 cm³/mol. The molecule has 0 bridgehead atoms. The molecule has 0 atom stereocenters. The third kappa shape index (κ3) is 6.20. The number of hydrogen-bond donors (Lipinski definition) is 1. The molecule has 0 unspecified atom stereocenters. The first kappa shape index (κ1) is 24.3. The average molecular weight is 480 g/mol. The van der Waals surface area contributed by atoms with Gasteiger partial charge in [0.2, 0.25) is 0 Å². The highest BCUT2D eigenvalue weighted by Crippen LogP contribution is 2.45. The number of thiophene rings is 1. The van der Waals surface area contributed by atoms with Crippen LogP contribution < -0.4 is 9.47 Å². The zero-order valence-corrected chi connectivity index (χ0v) is 20.8. The summed E-state index contributed by atoms with van der Waals surface area (Å²) >= 11 is 1.60. The van der Waals surface area contributed by atoms with Crippen molar-refractivity contribution in [3.05, 3.63) is 65.6 Å². The Labute approximate surface area is 205 Å². The second-order valence-corrected chi connectivity index (χ2v) is 9.42. The molecule has 0 amide bonds. The minimum atomic E-state index is 0.245. The number of phenols is 1. The summed E-state index contributed by atoms with van der Waals surface area (Å²) in [5.74, 6) is 2.62. The number of nitrogens with zero attached hydrogens (tertiary/aromatic N) is 1. The fourth-order valence-corrected chi connectivity index (χ4v) is 5.34. The summed E-state index contributed by atoms with van der Waals surface area (Å²) in [6.07, 6.45) is 10.0. The second-order valence-electron chi connectivity index (χ2n) is 8.37. The summed E-state index contributed by atoms with van der Waals surface area (Å²) in [7, 11) is 1.68. The van der Waals surface area contributed by atoms with E-state index in [0.717, 1.165) is 44.3 Å². The number of rotatable bonds is 10. The van der Waals surface area contributed by atoms with Gasteiger partial charge in [0, 0.05) is 23.7 Å². The number of piperidine rings is 1.